The first kappa shape index (κ1) is 24.9. The van der Waals surface area contributed by atoms with Crippen LogP contribution in [0.5, 0.6) is 0 Å². The first-order valence-corrected chi connectivity index (χ1v) is 11.4. The minimum absolute atomic E-state index is 0.0644. The van der Waals surface area contributed by atoms with Crippen molar-refractivity contribution in [3.8, 4) is 0 Å². The molecule has 0 bridgehead atoms. The van der Waals surface area contributed by atoms with Gasteiger partial charge in [0.05, 0.1) is 19.2 Å². The zero-order valence-corrected chi connectivity index (χ0v) is 19.3. The third-order valence-corrected chi connectivity index (χ3v) is 5.36. The predicted octanol–water partition coefficient (Wildman–Crippen LogP) is 0.450. The molecular formula is C20H30N4O6S. The number of aromatic nitrogens is 1. The maximum absolute atomic E-state index is 12.8. The molecule has 31 heavy (non-hydrogen) atoms. The fourth-order valence-corrected chi connectivity index (χ4v) is 3.48. The number of Topliss-reactive ketones (excluding diaryl/α,β-unsaturated/α-hetero) is 1. The second-order valence-electron chi connectivity index (χ2n) is 8.16. The van der Waals surface area contributed by atoms with Crippen LogP contribution in [0.25, 0.3) is 0 Å². The molecule has 1 saturated heterocycles. The molecule has 10 nitrogen and oxygen atoms in total. The van der Waals surface area contributed by atoms with Gasteiger partial charge in [0.25, 0.3) is 5.91 Å². The van der Waals surface area contributed by atoms with Crippen molar-refractivity contribution in [2.24, 2.45) is 5.92 Å². The predicted molar refractivity (Wildman–Crippen MR) is 115 cm³/mol. The van der Waals surface area contributed by atoms with Crippen molar-refractivity contribution < 1.29 is 28.4 Å². The minimum atomic E-state index is -0.857. The number of carbonyl (C=O) groups is 4. The number of hydrogen-bond donors (Lipinski definition) is 3. The van der Waals surface area contributed by atoms with E-state index in [9.17, 15) is 19.2 Å². The summed E-state index contributed by atoms with van der Waals surface area (Å²) in [4.78, 5) is 49.8. The highest BCUT2D eigenvalue weighted by atomic mass is 32.2. The standard InChI is InChI=1S/C20H30N4O6S/c1-11(2)6-13(17(26)20(4)10-29-20)23-19(28)15(9-31-5)22-16(25)8-21-18(27)14-7-12(3)30-24-14/h7,11,13,15H,6,8-10H2,1-5H3,(H,21,27)(H,22,25)(H,23,28)/t13-,15+,20+/m0/s1. The number of ketones is 1. The van der Waals surface area contributed by atoms with Gasteiger partial charge in [-0.25, -0.2) is 0 Å². The van der Waals surface area contributed by atoms with E-state index in [0.717, 1.165) is 0 Å². The van der Waals surface area contributed by atoms with Crippen molar-refractivity contribution in [1.82, 2.24) is 21.1 Å². The summed E-state index contributed by atoms with van der Waals surface area (Å²) >= 11 is 1.38. The molecule has 3 atom stereocenters. The fraction of sp³-hybridized carbons (Fsp3) is 0.650. The van der Waals surface area contributed by atoms with Crippen LogP contribution in [0.15, 0.2) is 10.6 Å². The number of hydrogen-bond acceptors (Lipinski definition) is 8. The summed E-state index contributed by atoms with van der Waals surface area (Å²) in [6.07, 6.45) is 2.27. The Morgan fingerprint density at radius 2 is 1.90 bits per heavy atom. The number of aryl methyl sites for hydroxylation is 1. The Kier molecular flexibility index (Phi) is 8.63. The van der Waals surface area contributed by atoms with Crippen LogP contribution in [-0.4, -0.2) is 71.5 Å². The molecule has 1 aromatic rings. The first-order chi connectivity index (χ1) is 14.6. The van der Waals surface area contributed by atoms with E-state index >= 15 is 0 Å². The molecule has 11 heteroatoms. The molecule has 2 rings (SSSR count). The van der Waals surface area contributed by atoms with Gasteiger partial charge in [0, 0.05) is 11.8 Å². The Balaban J connectivity index is 1.94. The van der Waals surface area contributed by atoms with Crippen LogP contribution in [0.3, 0.4) is 0 Å². The summed E-state index contributed by atoms with van der Waals surface area (Å²) in [7, 11) is 0. The fourth-order valence-electron chi connectivity index (χ4n) is 2.91. The lowest BCUT2D eigenvalue weighted by molar-refractivity contribution is -0.132. The molecule has 3 N–H and O–H groups in total. The minimum Gasteiger partial charge on any atom is -0.361 e. The number of carbonyl (C=O) groups excluding carboxylic acids is 4. The van der Waals surface area contributed by atoms with Gasteiger partial charge in [-0.15, -0.1) is 0 Å². The van der Waals surface area contributed by atoms with Crippen molar-refractivity contribution >= 4 is 35.3 Å². The van der Waals surface area contributed by atoms with E-state index in [0.29, 0.717) is 24.5 Å². The molecule has 0 aliphatic carbocycles. The highest BCUT2D eigenvalue weighted by Crippen LogP contribution is 2.29. The lowest BCUT2D eigenvalue weighted by Gasteiger charge is -2.24. The largest absolute Gasteiger partial charge is 0.361 e. The molecule has 172 valence electrons. The summed E-state index contributed by atoms with van der Waals surface area (Å²) in [6.45, 7) is 7.28. The number of epoxide rings is 1. The van der Waals surface area contributed by atoms with Crippen LogP contribution in [0.2, 0.25) is 0 Å². The molecule has 3 amide bonds. The molecule has 2 heterocycles. The number of ether oxygens (including phenoxy) is 1. The van der Waals surface area contributed by atoms with Gasteiger partial charge < -0.3 is 25.2 Å². The van der Waals surface area contributed by atoms with E-state index in [1.807, 2.05) is 13.8 Å². The first-order valence-electron chi connectivity index (χ1n) is 10.0. The third-order valence-electron chi connectivity index (χ3n) is 4.69. The molecule has 0 spiro atoms. The summed E-state index contributed by atoms with van der Waals surface area (Å²) in [5.74, 6) is -0.749. The summed E-state index contributed by atoms with van der Waals surface area (Å²) < 4.78 is 10.1. The summed E-state index contributed by atoms with van der Waals surface area (Å²) in [6, 6.07) is -0.104. The van der Waals surface area contributed by atoms with E-state index in [1.54, 1.807) is 20.1 Å². The molecule has 0 unspecified atom stereocenters. The zero-order chi connectivity index (χ0) is 23.2. The van der Waals surface area contributed by atoms with Crippen LogP contribution in [0.1, 0.15) is 43.4 Å². The topological polar surface area (TPSA) is 143 Å². The van der Waals surface area contributed by atoms with Gasteiger partial charge in [0.2, 0.25) is 11.8 Å². The third kappa shape index (κ3) is 7.35. The quantitative estimate of drug-likeness (QED) is 0.386. The van der Waals surface area contributed by atoms with E-state index in [2.05, 4.69) is 21.1 Å². The summed E-state index contributed by atoms with van der Waals surface area (Å²) in [5, 5.41) is 11.4. The maximum Gasteiger partial charge on any atom is 0.273 e. The van der Waals surface area contributed by atoms with E-state index < -0.39 is 35.4 Å². The van der Waals surface area contributed by atoms with Crippen LogP contribution >= 0.6 is 11.8 Å². The van der Waals surface area contributed by atoms with Crippen molar-refractivity contribution in [1.29, 1.82) is 0 Å². The van der Waals surface area contributed by atoms with Crippen molar-refractivity contribution in [2.75, 3.05) is 25.2 Å². The maximum atomic E-state index is 12.8. The summed E-state index contributed by atoms with van der Waals surface area (Å²) in [5.41, 5.74) is -0.788. The average Bonchev–Trinajstić information content (AvgIpc) is 3.30. The number of amides is 3. The molecule has 1 aromatic heterocycles. The Labute approximate surface area is 185 Å². The lowest BCUT2D eigenvalue weighted by Crippen LogP contribution is -2.55. The Bertz CT molecular complexity index is 820. The lowest BCUT2D eigenvalue weighted by atomic mass is 9.93. The van der Waals surface area contributed by atoms with Gasteiger partial charge >= 0.3 is 0 Å². The zero-order valence-electron chi connectivity index (χ0n) is 18.4. The monoisotopic (exact) mass is 454 g/mol. The van der Waals surface area contributed by atoms with Gasteiger partial charge in [-0.05, 0) is 32.4 Å². The van der Waals surface area contributed by atoms with Gasteiger partial charge in [-0.2, -0.15) is 11.8 Å². The second-order valence-corrected chi connectivity index (χ2v) is 9.07. The van der Waals surface area contributed by atoms with Crippen LogP contribution in [0.4, 0.5) is 0 Å². The van der Waals surface area contributed by atoms with Gasteiger partial charge in [-0.1, -0.05) is 19.0 Å². The Morgan fingerprint density at radius 1 is 1.23 bits per heavy atom. The Hall–Kier alpha value is -2.40. The number of rotatable bonds is 12. The van der Waals surface area contributed by atoms with E-state index in [-0.39, 0.29) is 23.9 Å². The van der Waals surface area contributed by atoms with E-state index in [4.69, 9.17) is 9.26 Å². The normalized spacial score (nSPS) is 19.4. The molecule has 0 aromatic carbocycles. The van der Waals surface area contributed by atoms with Crippen LogP contribution < -0.4 is 16.0 Å². The van der Waals surface area contributed by atoms with Gasteiger partial charge in [0.1, 0.15) is 17.4 Å². The highest BCUT2D eigenvalue weighted by molar-refractivity contribution is 7.98. The van der Waals surface area contributed by atoms with E-state index in [1.165, 1.54) is 17.8 Å². The second kappa shape index (κ2) is 10.8. The SMILES string of the molecule is CSC[C@@H](NC(=O)CNC(=O)c1cc(C)on1)C(=O)N[C@@H](CC(C)C)C(=O)[C@@]1(C)CO1. The molecular weight excluding hydrogens is 424 g/mol. The molecule has 0 radical (unpaired) electrons. The highest BCUT2D eigenvalue weighted by Gasteiger charge is 2.50. The number of nitrogens with zero attached hydrogens (tertiary/aromatic N) is 1. The van der Waals surface area contributed by atoms with Crippen molar-refractivity contribution in [3.05, 3.63) is 17.5 Å². The Morgan fingerprint density at radius 3 is 2.42 bits per heavy atom. The molecule has 1 aliphatic heterocycles. The van der Waals surface area contributed by atoms with Crippen molar-refractivity contribution in [2.45, 2.75) is 51.8 Å². The molecule has 1 fully saturated rings. The number of thioether (sulfide) groups is 1. The van der Waals surface area contributed by atoms with Gasteiger partial charge in [0.15, 0.2) is 11.5 Å². The average molecular weight is 455 g/mol. The van der Waals surface area contributed by atoms with Crippen LogP contribution in [-0.2, 0) is 19.1 Å². The molecule has 1 aliphatic rings. The van der Waals surface area contributed by atoms with Crippen LogP contribution in [0, 0.1) is 12.8 Å². The van der Waals surface area contributed by atoms with Crippen molar-refractivity contribution in [3.63, 3.8) is 0 Å². The van der Waals surface area contributed by atoms with Gasteiger partial charge in [-0.3, -0.25) is 19.2 Å². The number of nitrogens with one attached hydrogen (secondary N) is 3. The molecule has 0 saturated carbocycles. The smallest absolute Gasteiger partial charge is 0.273 e.